The summed E-state index contributed by atoms with van der Waals surface area (Å²) in [7, 11) is -4.30. The smallest absolute Gasteiger partial charge is 0.475 e. The van der Waals surface area contributed by atoms with Crippen molar-refractivity contribution in [1.82, 2.24) is 5.32 Å². The van der Waals surface area contributed by atoms with Gasteiger partial charge in [-0.1, -0.05) is 74.0 Å². The van der Waals surface area contributed by atoms with Gasteiger partial charge in [-0.3, -0.25) is 18.4 Å². The Morgan fingerprint density at radius 2 is 1.32 bits per heavy atom. The number of phosphoric ester groups is 1. The van der Waals surface area contributed by atoms with Crippen LogP contribution in [0.4, 0.5) is 4.79 Å². The summed E-state index contributed by atoms with van der Waals surface area (Å²) in [5.74, 6) is 1.05. The van der Waals surface area contributed by atoms with E-state index in [1.165, 1.54) is 0 Å². The molecule has 0 saturated heterocycles. The fraction of sp³-hybridized carbons (Fsp3) is 0.400. The number of nitrogens with one attached hydrogen (secondary N) is 1. The summed E-state index contributed by atoms with van der Waals surface area (Å²) in [5.41, 5.74) is 0.543. The standard InChI is InChI=1S/C45H56NO12P/c1-8-9-27-52-59(50,54-32-39(42(48)57-44(2,3)4)46-43(49)58-45(5,6)7)53-31-34-18-16-23-38(29-34)56-41(47)26-25-35-19-13-14-24-40(35)51-30-33-17-15-22-37(28-33)55-36-20-11-10-12-21-36/h10-24,28-29,39H,8-9,25-27,30-32H2,1-7H3,(H,46,49)/t39-,59?/m0/s1. The van der Waals surface area contributed by atoms with Crippen LogP contribution < -0.4 is 19.5 Å². The van der Waals surface area contributed by atoms with Crippen molar-refractivity contribution in [3.05, 3.63) is 120 Å². The predicted molar refractivity (Wildman–Crippen MR) is 222 cm³/mol. The fourth-order valence-corrected chi connectivity index (χ4v) is 6.41. The molecule has 0 aromatic heterocycles. The van der Waals surface area contributed by atoms with Crippen LogP contribution in [0.15, 0.2) is 103 Å². The largest absolute Gasteiger partial charge is 0.489 e. The monoisotopic (exact) mass is 833 g/mol. The Hall–Kier alpha value is -5.20. The molecule has 0 aliphatic heterocycles. The zero-order chi connectivity index (χ0) is 42.9. The zero-order valence-electron chi connectivity index (χ0n) is 34.9. The van der Waals surface area contributed by atoms with E-state index in [9.17, 15) is 18.9 Å². The third-order valence-corrected chi connectivity index (χ3v) is 9.30. The molecular formula is C45H56NO12P. The molecule has 4 aromatic rings. The molecule has 0 heterocycles. The second kappa shape index (κ2) is 22.2. The lowest BCUT2D eigenvalue weighted by atomic mass is 10.1. The summed E-state index contributed by atoms with van der Waals surface area (Å²) in [6.45, 7) is 11.5. The fourth-order valence-electron chi connectivity index (χ4n) is 5.20. The van der Waals surface area contributed by atoms with Gasteiger partial charge in [-0.25, -0.2) is 14.2 Å². The first-order chi connectivity index (χ1) is 28.0. The minimum atomic E-state index is -4.30. The molecule has 14 heteroatoms. The molecule has 4 aromatic carbocycles. The highest BCUT2D eigenvalue weighted by Crippen LogP contribution is 2.50. The van der Waals surface area contributed by atoms with Gasteiger partial charge in [0, 0.05) is 0 Å². The molecule has 0 bridgehead atoms. The number of hydrogen-bond donors (Lipinski definition) is 1. The van der Waals surface area contributed by atoms with E-state index in [0.717, 1.165) is 23.3 Å². The highest BCUT2D eigenvalue weighted by atomic mass is 31.2. The number of carbonyl (C=O) groups excluding carboxylic acids is 3. The quantitative estimate of drug-likeness (QED) is 0.0368. The van der Waals surface area contributed by atoms with Crippen molar-refractivity contribution >= 4 is 25.9 Å². The van der Waals surface area contributed by atoms with Crippen molar-refractivity contribution in [2.45, 2.75) is 105 Å². The van der Waals surface area contributed by atoms with Crippen LogP contribution in [0.2, 0.25) is 0 Å². The zero-order valence-corrected chi connectivity index (χ0v) is 35.8. The Balaban J connectivity index is 1.34. The number of ether oxygens (including phenoxy) is 5. The van der Waals surface area contributed by atoms with Gasteiger partial charge in [0.2, 0.25) is 0 Å². The van der Waals surface area contributed by atoms with Crippen LogP contribution >= 0.6 is 7.82 Å². The molecule has 0 aliphatic rings. The normalized spacial score (nSPS) is 13.1. The number of aryl methyl sites for hydroxylation is 1. The Kier molecular flexibility index (Phi) is 17.5. The van der Waals surface area contributed by atoms with Crippen molar-refractivity contribution < 1.29 is 56.2 Å². The highest BCUT2D eigenvalue weighted by molar-refractivity contribution is 7.48. The molecule has 0 saturated carbocycles. The second-order valence-electron chi connectivity index (χ2n) is 15.5. The summed E-state index contributed by atoms with van der Waals surface area (Å²) in [5, 5.41) is 2.43. The van der Waals surface area contributed by atoms with E-state index in [1.807, 2.05) is 85.8 Å². The molecule has 4 rings (SSSR count). The molecule has 1 N–H and O–H groups in total. The molecule has 1 amide bonds. The van der Waals surface area contributed by atoms with E-state index < -0.39 is 49.7 Å². The molecule has 0 radical (unpaired) electrons. The van der Waals surface area contributed by atoms with E-state index in [4.69, 9.17) is 37.3 Å². The maximum absolute atomic E-state index is 13.8. The molecule has 318 valence electrons. The van der Waals surface area contributed by atoms with E-state index in [0.29, 0.717) is 36.5 Å². The van der Waals surface area contributed by atoms with Crippen LogP contribution in [0, 0.1) is 0 Å². The lowest BCUT2D eigenvalue weighted by molar-refractivity contribution is -0.158. The summed E-state index contributed by atoms with van der Waals surface area (Å²) in [6, 6.07) is 29.9. The number of hydrogen-bond acceptors (Lipinski definition) is 12. The minimum absolute atomic E-state index is 0.0487. The molecular weight excluding hydrogens is 777 g/mol. The van der Waals surface area contributed by atoms with Crippen molar-refractivity contribution in [3.8, 4) is 23.0 Å². The molecule has 13 nitrogen and oxygen atoms in total. The van der Waals surface area contributed by atoms with Gasteiger partial charge in [0.1, 0.15) is 40.8 Å². The first kappa shape index (κ1) is 46.5. The molecule has 0 aliphatic carbocycles. The number of alkyl carbamates (subject to hydrolysis) is 1. The lowest BCUT2D eigenvalue weighted by Gasteiger charge is -2.27. The van der Waals surface area contributed by atoms with Crippen LogP contribution in [0.25, 0.3) is 0 Å². The second-order valence-corrected chi connectivity index (χ2v) is 17.2. The number of para-hydroxylation sites is 2. The average Bonchev–Trinajstić information content (AvgIpc) is 3.17. The minimum Gasteiger partial charge on any atom is -0.489 e. The number of unbranched alkanes of at least 4 members (excludes halogenated alkanes) is 1. The van der Waals surface area contributed by atoms with E-state index in [2.05, 4.69) is 5.32 Å². The van der Waals surface area contributed by atoms with Crippen LogP contribution in [0.3, 0.4) is 0 Å². The van der Waals surface area contributed by atoms with Crippen LogP contribution in [0.1, 0.15) is 84.4 Å². The number of benzene rings is 4. The third kappa shape index (κ3) is 17.7. The Labute approximate surface area is 347 Å². The summed E-state index contributed by atoms with van der Waals surface area (Å²) >= 11 is 0. The Morgan fingerprint density at radius 3 is 2.02 bits per heavy atom. The Morgan fingerprint density at radius 1 is 0.695 bits per heavy atom. The van der Waals surface area contributed by atoms with Crippen molar-refractivity contribution in [1.29, 1.82) is 0 Å². The van der Waals surface area contributed by atoms with Crippen molar-refractivity contribution in [3.63, 3.8) is 0 Å². The molecule has 0 fully saturated rings. The van der Waals surface area contributed by atoms with Gasteiger partial charge in [0.25, 0.3) is 0 Å². The maximum Gasteiger partial charge on any atom is 0.475 e. The van der Waals surface area contributed by atoms with Crippen LogP contribution in [0.5, 0.6) is 23.0 Å². The summed E-state index contributed by atoms with van der Waals surface area (Å²) in [6.07, 6.45) is 0.856. The van der Waals surface area contributed by atoms with Gasteiger partial charge in [-0.15, -0.1) is 0 Å². The van der Waals surface area contributed by atoms with Crippen molar-refractivity contribution in [2.75, 3.05) is 13.2 Å². The number of phosphoric acid groups is 1. The SMILES string of the molecule is CCCCOP(=O)(OCc1cccc(OC(=O)CCc2ccccc2OCc2cccc(Oc3ccccc3)c2)c1)OC[C@H](NC(=O)OC(C)(C)C)C(=O)OC(C)(C)C. The third-order valence-electron chi connectivity index (χ3n) is 7.89. The predicted octanol–water partition coefficient (Wildman–Crippen LogP) is 10.3. The number of carbonyl (C=O) groups is 3. The van der Waals surface area contributed by atoms with Gasteiger partial charge in [-0.2, -0.15) is 0 Å². The van der Waals surface area contributed by atoms with Gasteiger partial charge < -0.3 is 29.0 Å². The van der Waals surface area contributed by atoms with Crippen LogP contribution in [-0.4, -0.2) is 48.5 Å². The lowest BCUT2D eigenvalue weighted by Crippen LogP contribution is -2.48. The summed E-state index contributed by atoms with van der Waals surface area (Å²) < 4.78 is 59.2. The number of esters is 2. The molecule has 2 atom stereocenters. The first-order valence-corrected chi connectivity index (χ1v) is 21.0. The van der Waals surface area contributed by atoms with Crippen LogP contribution in [-0.2, 0) is 56.8 Å². The maximum atomic E-state index is 13.8. The average molecular weight is 834 g/mol. The molecule has 0 spiro atoms. The Bertz CT molecular complexity index is 2010. The van der Waals surface area contributed by atoms with E-state index >= 15 is 0 Å². The van der Waals surface area contributed by atoms with Gasteiger partial charge in [0.05, 0.1) is 26.2 Å². The first-order valence-electron chi connectivity index (χ1n) is 19.6. The number of amides is 1. The molecule has 1 unspecified atom stereocenters. The highest BCUT2D eigenvalue weighted by Gasteiger charge is 2.34. The van der Waals surface area contributed by atoms with Gasteiger partial charge in [0.15, 0.2) is 6.04 Å². The topological polar surface area (TPSA) is 154 Å². The summed E-state index contributed by atoms with van der Waals surface area (Å²) in [4.78, 5) is 38.6. The van der Waals surface area contributed by atoms with Gasteiger partial charge in [-0.05, 0) is 114 Å². The van der Waals surface area contributed by atoms with E-state index in [-0.39, 0.29) is 25.4 Å². The van der Waals surface area contributed by atoms with E-state index in [1.54, 1.807) is 65.8 Å². The van der Waals surface area contributed by atoms with Crippen molar-refractivity contribution in [2.24, 2.45) is 0 Å². The van der Waals surface area contributed by atoms with Gasteiger partial charge >= 0.3 is 25.9 Å². The molecule has 59 heavy (non-hydrogen) atoms. The number of rotatable bonds is 21.